The maximum Gasteiger partial charge on any atom is 0.367 e. The summed E-state index contributed by atoms with van der Waals surface area (Å²) in [6, 6.07) is 5.39. The summed E-state index contributed by atoms with van der Waals surface area (Å²) < 4.78 is 10.5. The Morgan fingerprint density at radius 1 is 1.25 bits per heavy atom. The number of carbonyl (C=O) groups is 1. The molecular weight excluding hydrogens is 258 g/mol. The van der Waals surface area contributed by atoms with Crippen LogP contribution in [0.15, 0.2) is 28.9 Å². The van der Waals surface area contributed by atoms with Gasteiger partial charge in [-0.25, -0.2) is 4.79 Å². The van der Waals surface area contributed by atoms with Crippen molar-refractivity contribution in [3.63, 3.8) is 0 Å². The SMILES string of the molecule is COc1ccc(OC)c(/C=C2/C(=O)ON=C2C(C)C)c1. The molecule has 5 heteroatoms. The van der Waals surface area contributed by atoms with Crippen LogP contribution in [0.4, 0.5) is 0 Å². The highest BCUT2D eigenvalue weighted by Crippen LogP contribution is 2.28. The molecule has 0 fully saturated rings. The molecule has 0 spiro atoms. The van der Waals surface area contributed by atoms with E-state index in [0.29, 0.717) is 22.8 Å². The fraction of sp³-hybridized carbons (Fsp3) is 0.333. The molecular formula is C15H17NO4. The van der Waals surface area contributed by atoms with E-state index in [9.17, 15) is 4.79 Å². The van der Waals surface area contributed by atoms with E-state index in [-0.39, 0.29) is 5.92 Å². The van der Waals surface area contributed by atoms with E-state index < -0.39 is 5.97 Å². The van der Waals surface area contributed by atoms with Crippen molar-refractivity contribution < 1.29 is 19.1 Å². The Balaban J connectivity index is 2.48. The van der Waals surface area contributed by atoms with Crippen LogP contribution in [0.5, 0.6) is 11.5 Å². The molecule has 0 amide bonds. The van der Waals surface area contributed by atoms with E-state index in [1.165, 1.54) is 0 Å². The Labute approximate surface area is 117 Å². The first-order valence-electron chi connectivity index (χ1n) is 6.30. The monoisotopic (exact) mass is 275 g/mol. The molecule has 1 aromatic rings. The van der Waals surface area contributed by atoms with Crippen LogP contribution in [0.2, 0.25) is 0 Å². The van der Waals surface area contributed by atoms with Crippen molar-refractivity contribution in [2.24, 2.45) is 11.1 Å². The quantitative estimate of drug-likeness (QED) is 0.626. The molecule has 5 nitrogen and oxygen atoms in total. The van der Waals surface area contributed by atoms with Gasteiger partial charge in [0.25, 0.3) is 0 Å². The molecule has 0 N–H and O–H groups in total. The summed E-state index contributed by atoms with van der Waals surface area (Å²) in [5.41, 5.74) is 1.83. The highest BCUT2D eigenvalue weighted by molar-refractivity contribution is 6.25. The van der Waals surface area contributed by atoms with Gasteiger partial charge in [0, 0.05) is 5.56 Å². The minimum atomic E-state index is -0.446. The van der Waals surface area contributed by atoms with Gasteiger partial charge in [-0.2, -0.15) is 0 Å². The van der Waals surface area contributed by atoms with Gasteiger partial charge in [0.1, 0.15) is 11.5 Å². The Morgan fingerprint density at radius 3 is 2.60 bits per heavy atom. The highest BCUT2D eigenvalue weighted by atomic mass is 16.7. The van der Waals surface area contributed by atoms with E-state index in [0.717, 1.165) is 5.56 Å². The summed E-state index contributed by atoms with van der Waals surface area (Å²) in [4.78, 5) is 16.5. The standard InChI is InChI=1S/C15H17NO4/c1-9(2)14-12(15(17)20-16-14)8-10-7-11(18-3)5-6-13(10)19-4/h5-9H,1-4H3/b12-8+. The molecule has 1 heterocycles. The number of hydrogen-bond donors (Lipinski definition) is 0. The zero-order valence-electron chi connectivity index (χ0n) is 12.0. The Kier molecular flexibility index (Phi) is 4.08. The molecule has 0 aliphatic carbocycles. The van der Waals surface area contributed by atoms with Gasteiger partial charge in [-0.1, -0.05) is 19.0 Å². The first kappa shape index (κ1) is 14.1. The van der Waals surface area contributed by atoms with Crippen molar-refractivity contribution in [3.8, 4) is 11.5 Å². The van der Waals surface area contributed by atoms with Crippen molar-refractivity contribution in [2.45, 2.75) is 13.8 Å². The number of rotatable bonds is 4. The molecule has 0 unspecified atom stereocenters. The van der Waals surface area contributed by atoms with Crippen molar-refractivity contribution in [2.75, 3.05) is 14.2 Å². The van der Waals surface area contributed by atoms with Gasteiger partial charge in [0.15, 0.2) is 0 Å². The Hall–Kier alpha value is -2.30. The molecule has 106 valence electrons. The molecule has 1 aliphatic heterocycles. The molecule has 0 bridgehead atoms. The lowest BCUT2D eigenvalue weighted by Gasteiger charge is -2.08. The number of benzene rings is 1. The second-order valence-electron chi connectivity index (χ2n) is 4.68. The number of oxime groups is 1. The third kappa shape index (κ3) is 2.66. The zero-order valence-corrected chi connectivity index (χ0v) is 12.0. The first-order valence-corrected chi connectivity index (χ1v) is 6.30. The van der Waals surface area contributed by atoms with E-state index in [1.807, 2.05) is 13.8 Å². The summed E-state index contributed by atoms with van der Waals surface area (Å²) in [6.07, 6.45) is 1.72. The molecule has 0 saturated carbocycles. The van der Waals surface area contributed by atoms with Crippen LogP contribution < -0.4 is 9.47 Å². The van der Waals surface area contributed by atoms with Gasteiger partial charge >= 0.3 is 5.97 Å². The van der Waals surface area contributed by atoms with Crippen LogP contribution in [0.1, 0.15) is 19.4 Å². The van der Waals surface area contributed by atoms with E-state index >= 15 is 0 Å². The maximum atomic E-state index is 11.8. The lowest BCUT2D eigenvalue weighted by molar-refractivity contribution is -0.136. The van der Waals surface area contributed by atoms with Crippen LogP contribution in [0.25, 0.3) is 6.08 Å². The zero-order chi connectivity index (χ0) is 14.7. The van der Waals surface area contributed by atoms with Gasteiger partial charge in [-0.3, -0.25) is 0 Å². The molecule has 0 saturated heterocycles. The minimum Gasteiger partial charge on any atom is -0.497 e. The second kappa shape index (κ2) is 5.77. The van der Waals surface area contributed by atoms with Crippen LogP contribution in [0, 0.1) is 5.92 Å². The predicted octanol–water partition coefficient (Wildman–Crippen LogP) is 2.66. The molecule has 0 radical (unpaired) electrons. The molecule has 2 rings (SSSR count). The molecule has 0 atom stereocenters. The number of carbonyl (C=O) groups excluding carboxylic acids is 1. The second-order valence-corrected chi connectivity index (χ2v) is 4.68. The Bertz CT molecular complexity index is 588. The third-order valence-corrected chi connectivity index (χ3v) is 3.01. The molecule has 0 aromatic heterocycles. The molecule has 20 heavy (non-hydrogen) atoms. The lowest BCUT2D eigenvalue weighted by atomic mass is 9.98. The van der Waals surface area contributed by atoms with Gasteiger partial charge in [-0.15, -0.1) is 0 Å². The summed E-state index contributed by atoms with van der Waals surface area (Å²) in [6.45, 7) is 3.91. The number of nitrogens with zero attached hydrogens (tertiary/aromatic N) is 1. The largest absolute Gasteiger partial charge is 0.497 e. The number of hydrogen-bond acceptors (Lipinski definition) is 5. The van der Waals surface area contributed by atoms with Gasteiger partial charge in [0.05, 0.1) is 25.5 Å². The van der Waals surface area contributed by atoms with E-state index in [2.05, 4.69) is 5.16 Å². The number of ether oxygens (including phenoxy) is 2. The van der Waals surface area contributed by atoms with E-state index in [1.54, 1.807) is 38.5 Å². The maximum absolute atomic E-state index is 11.8. The average Bonchev–Trinajstić information content (AvgIpc) is 2.80. The Morgan fingerprint density at radius 2 is 2.00 bits per heavy atom. The van der Waals surface area contributed by atoms with Crippen LogP contribution in [0.3, 0.4) is 0 Å². The van der Waals surface area contributed by atoms with E-state index in [4.69, 9.17) is 14.3 Å². The summed E-state index contributed by atoms with van der Waals surface area (Å²) in [5.74, 6) is 0.996. The van der Waals surface area contributed by atoms with Crippen molar-refractivity contribution in [1.82, 2.24) is 0 Å². The van der Waals surface area contributed by atoms with Crippen LogP contribution in [-0.4, -0.2) is 25.9 Å². The van der Waals surface area contributed by atoms with Crippen LogP contribution >= 0.6 is 0 Å². The fourth-order valence-electron chi connectivity index (χ4n) is 1.95. The van der Waals surface area contributed by atoms with Gasteiger partial charge in [-0.05, 0) is 30.2 Å². The normalized spacial score (nSPS) is 16.4. The molecule has 1 aliphatic rings. The van der Waals surface area contributed by atoms with Crippen molar-refractivity contribution in [3.05, 3.63) is 29.3 Å². The van der Waals surface area contributed by atoms with Crippen molar-refractivity contribution in [1.29, 1.82) is 0 Å². The highest BCUT2D eigenvalue weighted by Gasteiger charge is 2.27. The summed E-state index contributed by atoms with van der Waals surface area (Å²) >= 11 is 0. The minimum absolute atomic E-state index is 0.101. The lowest BCUT2D eigenvalue weighted by Crippen LogP contribution is -2.11. The summed E-state index contributed by atoms with van der Waals surface area (Å²) in [7, 11) is 3.16. The molecule has 1 aromatic carbocycles. The van der Waals surface area contributed by atoms with Crippen molar-refractivity contribution >= 4 is 17.8 Å². The first-order chi connectivity index (χ1) is 9.56. The smallest absolute Gasteiger partial charge is 0.367 e. The number of methoxy groups -OCH3 is 2. The average molecular weight is 275 g/mol. The fourth-order valence-corrected chi connectivity index (χ4v) is 1.95. The van der Waals surface area contributed by atoms with Crippen LogP contribution in [-0.2, 0) is 9.63 Å². The van der Waals surface area contributed by atoms with Gasteiger partial charge < -0.3 is 14.3 Å². The summed E-state index contributed by atoms with van der Waals surface area (Å²) in [5, 5.41) is 3.82. The predicted molar refractivity (Wildman–Crippen MR) is 75.9 cm³/mol. The topological polar surface area (TPSA) is 57.1 Å². The third-order valence-electron chi connectivity index (χ3n) is 3.01. The van der Waals surface area contributed by atoms with Gasteiger partial charge in [0.2, 0.25) is 0 Å².